The molecule has 1 aromatic carbocycles. The lowest BCUT2D eigenvalue weighted by Crippen LogP contribution is -2.34. The van der Waals surface area contributed by atoms with Crippen molar-refractivity contribution in [2.45, 2.75) is 30.8 Å². The molecule has 2 aromatic heterocycles. The molecule has 0 aliphatic carbocycles. The SMILES string of the molecule is Cc1ccc(CN2CC[C@H](N(C)c3cc(F)c(S(=O)(=O)Nc4cscn4)cc3Cl)C2)s1. The number of likely N-dealkylation sites (tertiary alicyclic amines) is 1. The Morgan fingerprint density at radius 1 is 1.39 bits per heavy atom. The Kier molecular flexibility index (Phi) is 6.55. The zero-order chi connectivity index (χ0) is 22.2. The Balaban J connectivity index is 1.49. The first-order valence-corrected chi connectivity index (χ1v) is 13.3. The molecular weight excluding hydrogens is 479 g/mol. The maximum atomic E-state index is 14.8. The summed E-state index contributed by atoms with van der Waals surface area (Å²) < 4.78 is 42.2. The highest BCUT2D eigenvalue weighted by atomic mass is 35.5. The lowest BCUT2D eigenvalue weighted by atomic mass is 10.2. The summed E-state index contributed by atoms with van der Waals surface area (Å²) >= 11 is 9.44. The summed E-state index contributed by atoms with van der Waals surface area (Å²) in [6.45, 7) is 4.76. The van der Waals surface area contributed by atoms with E-state index in [1.54, 1.807) is 11.3 Å². The van der Waals surface area contributed by atoms with Gasteiger partial charge in [0.15, 0.2) is 5.82 Å². The van der Waals surface area contributed by atoms with Gasteiger partial charge in [0.05, 0.1) is 16.2 Å². The number of hydrogen-bond acceptors (Lipinski definition) is 7. The van der Waals surface area contributed by atoms with Crippen molar-refractivity contribution in [1.82, 2.24) is 9.88 Å². The second-order valence-electron chi connectivity index (χ2n) is 7.51. The van der Waals surface area contributed by atoms with Gasteiger partial charge in [-0.15, -0.1) is 22.7 Å². The summed E-state index contributed by atoms with van der Waals surface area (Å²) in [5, 5.41) is 1.72. The summed E-state index contributed by atoms with van der Waals surface area (Å²) in [5.74, 6) is -0.702. The van der Waals surface area contributed by atoms with E-state index < -0.39 is 20.7 Å². The number of rotatable bonds is 7. The Morgan fingerprint density at radius 3 is 2.87 bits per heavy atom. The quantitative estimate of drug-likeness (QED) is 0.504. The first kappa shape index (κ1) is 22.5. The van der Waals surface area contributed by atoms with Crippen LogP contribution in [0.5, 0.6) is 0 Å². The van der Waals surface area contributed by atoms with E-state index in [9.17, 15) is 12.8 Å². The van der Waals surface area contributed by atoms with Crippen molar-refractivity contribution >= 4 is 55.8 Å². The van der Waals surface area contributed by atoms with Crippen LogP contribution in [-0.4, -0.2) is 44.5 Å². The van der Waals surface area contributed by atoms with Crippen LogP contribution in [0, 0.1) is 12.7 Å². The molecule has 1 fully saturated rings. The molecular formula is C20H22ClFN4O2S3. The molecule has 1 N–H and O–H groups in total. The van der Waals surface area contributed by atoms with Gasteiger partial charge in [-0.1, -0.05) is 11.6 Å². The molecule has 6 nitrogen and oxygen atoms in total. The number of likely N-dealkylation sites (N-methyl/N-ethyl adjacent to an activating group) is 1. The molecule has 31 heavy (non-hydrogen) atoms. The van der Waals surface area contributed by atoms with Gasteiger partial charge in [-0.3, -0.25) is 9.62 Å². The Hall–Kier alpha value is -1.72. The number of halogens is 2. The van der Waals surface area contributed by atoms with Gasteiger partial charge in [-0.05, 0) is 31.5 Å². The fourth-order valence-electron chi connectivity index (χ4n) is 3.71. The van der Waals surface area contributed by atoms with Crippen molar-refractivity contribution in [3.63, 3.8) is 0 Å². The van der Waals surface area contributed by atoms with Crippen LogP contribution in [0.25, 0.3) is 0 Å². The number of sulfonamides is 1. The van der Waals surface area contributed by atoms with Crippen LogP contribution < -0.4 is 9.62 Å². The summed E-state index contributed by atoms with van der Waals surface area (Å²) in [7, 11) is -2.26. The number of aromatic nitrogens is 1. The molecule has 0 bridgehead atoms. The van der Waals surface area contributed by atoms with Crippen LogP contribution in [0.1, 0.15) is 16.2 Å². The van der Waals surface area contributed by atoms with Crippen molar-refractivity contribution in [3.8, 4) is 0 Å². The normalized spacial score (nSPS) is 17.2. The van der Waals surface area contributed by atoms with E-state index in [0.717, 1.165) is 26.1 Å². The third kappa shape index (κ3) is 5.04. The minimum atomic E-state index is -4.13. The molecule has 11 heteroatoms. The third-order valence-corrected chi connectivity index (χ3v) is 8.56. The lowest BCUT2D eigenvalue weighted by Gasteiger charge is -2.28. The number of anilines is 2. The number of nitrogens with one attached hydrogen (secondary N) is 1. The first-order valence-electron chi connectivity index (χ1n) is 9.63. The monoisotopic (exact) mass is 500 g/mol. The molecule has 166 valence electrons. The Morgan fingerprint density at radius 2 is 2.19 bits per heavy atom. The summed E-state index contributed by atoms with van der Waals surface area (Å²) in [5.41, 5.74) is 1.97. The van der Waals surface area contributed by atoms with Crippen LogP contribution in [0.3, 0.4) is 0 Å². The molecule has 1 saturated heterocycles. The lowest BCUT2D eigenvalue weighted by molar-refractivity contribution is 0.329. The van der Waals surface area contributed by atoms with Gasteiger partial charge in [-0.25, -0.2) is 17.8 Å². The predicted molar refractivity (Wildman–Crippen MR) is 125 cm³/mol. The molecule has 1 aliphatic rings. The molecule has 4 rings (SSSR count). The Labute approximate surface area is 194 Å². The molecule has 0 amide bonds. The largest absolute Gasteiger partial charge is 0.369 e. The van der Waals surface area contributed by atoms with Gasteiger partial charge in [0.2, 0.25) is 0 Å². The van der Waals surface area contributed by atoms with Gasteiger partial charge in [0.25, 0.3) is 10.0 Å². The second-order valence-corrected chi connectivity index (χ2v) is 11.7. The number of aryl methyl sites for hydroxylation is 1. The molecule has 3 heterocycles. The fraction of sp³-hybridized carbons (Fsp3) is 0.350. The minimum absolute atomic E-state index is 0.147. The topological polar surface area (TPSA) is 65.5 Å². The number of benzene rings is 1. The molecule has 0 saturated carbocycles. The fourth-order valence-corrected chi connectivity index (χ4v) is 6.65. The average Bonchev–Trinajstić information content (AvgIpc) is 3.46. The average molecular weight is 501 g/mol. The van der Waals surface area contributed by atoms with E-state index in [1.165, 1.54) is 44.1 Å². The first-order chi connectivity index (χ1) is 14.7. The maximum absolute atomic E-state index is 14.8. The van der Waals surface area contributed by atoms with Crippen LogP contribution in [0.4, 0.5) is 15.9 Å². The van der Waals surface area contributed by atoms with Crippen molar-refractivity contribution in [1.29, 1.82) is 0 Å². The van der Waals surface area contributed by atoms with E-state index in [1.807, 2.05) is 11.9 Å². The molecule has 1 atom stereocenters. The number of nitrogens with zero attached hydrogens (tertiary/aromatic N) is 3. The standard InChI is InChI=1S/C20H22ClFN4O2S3/c1-13-3-4-15(30-13)10-26-6-5-14(9-26)25(2)18-8-17(22)19(7-16(18)21)31(27,28)24-20-11-29-12-23-20/h3-4,7-8,11-12,14,24H,5-6,9-10H2,1-2H3/t14-/m0/s1. The van der Waals surface area contributed by atoms with Gasteiger partial charge in [-0.2, -0.15) is 0 Å². The zero-order valence-electron chi connectivity index (χ0n) is 17.0. The highest BCUT2D eigenvalue weighted by Gasteiger charge is 2.29. The summed E-state index contributed by atoms with van der Waals surface area (Å²) in [4.78, 5) is 10.3. The molecule has 0 unspecified atom stereocenters. The van der Waals surface area contributed by atoms with Crippen molar-refractivity contribution < 1.29 is 12.8 Å². The van der Waals surface area contributed by atoms with Gasteiger partial charge in [0.1, 0.15) is 10.7 Å². The smallest absolute Gasteiger partial charge is 0.266 e. The predicted octanol–water partition coefficient (Wildman–Crippen LogP) is 4.82. The highest BCUT2D eigenvalue weighted by Crippen LogP contribution is 2.34. The number of thiophene rings is 1. The number of hydrogen-bond donors (Lipinski definition) is 1. The van der Waals surface area contributed by atoms with E-state index in [2.05, 4.69) is 33.7 Å². The maximum Gasteiger partial charge on any atom is 0.266 e. The van der Waals surface area contributed by atoms with Crippen LogP contribution in [0.2, 0.25) is 5.02 Å². The van der Waals surface area contributed by atoms with E-state index >= 15 is 0 Å². The molecule has 0 spiro atoms. The molecule has 0 radical (unpaired) electrons. The van der Waals surface area contributed by atoms with Gasteiger partial charge < -0.3 is 4.90 Å². The van der Waals surface area contributed by atoms with Crippen LogP contribution in [-0.2, 0) is 16.6 Å². The minimum Gasteiger partial charge on any atom is -0.369 e. The Bertz CT molecular complexity index is 1170. The number of thiazole rings is 1. The van der Waals surface area contributed by atoms with Crippen molar-refractivity contribution in [2.75, 3.05) is 29.8 Å². The highest BCUT2D eigenvalue weighted by molar-refractivity contribution is 7.92. The second kappa shape index (κ2) is 9.03. The van der Waals surface area contributed by atoms with Gasteiger partial charge >= 0.3 is 0 Å². The van der Waals surface area contributed by atoms with Crippen molar-refractivity contribution in [3.05, 3.63) is 55.8 Å². The summed E-state index contributed by atoms with van der Waals surface area (Å²) in [6.07, 6.45) is 0.921. The van der Waals surface area contributed by atoms with E-state index in [0.29, 0.717) is 5.69 Å². The van der Waals surface area contributed by atoms with E-state index in [-0.39, 0.29) is 16.9 Å². The van der Waals surface area contributed by atoms with Gasteiger partial charge in [0, 0.05) is 53.9 Å². The molecule has 3 aromatic rings. The molecule has 1 aliphatic heterocycles. The van der Waals surface area contributed by atoms with Crippen LogP contribution >= 0.6 is 34.3 Å². The van der Waals surface area contributed by atoms with Crippen LogP contribution in [0.15, 0.2) is 40.1 Å². The van der Waals surface area contributed by atoms with Crippen molar-refractivity contribution in [2.24, 2.45) is 0 Å². The zero-order valence-corrected chi connectivity index (χ0v) is 20.2. The summed E-state index contributed by atoms with van der Waals surface area (Å²) in [6, 6.07) is 6.80. The third-order valence-electron chi connectivity index (χ3n) is 5.31. The van der Waals surface area contributed by atoms with E-state index in [4.69, 9.17) is 11.6 Å².